The quantitative estimate of drug-likeness (QED) is 0.0858. The largest absolute Gasteiger partial charge is 0.494 e. The molecule has 0 aliphatic heterocycles. The lowest BCUT2D eigenvalue weighted by atomic mass is 10.0. The van der Waals surface area contributed by atoms with Crippen molar-refractivity contribution in [2.24, 2.45) is 5.73 Å². The molecule has 4 rings (SSSR count). The van der Waals surface area contributed by atoms with E-state index in [-0.39, 0.29) is 23.8 Å². The topological polar surface area (TPSA) is 175 Å². The van der Waals surface area contributed by atoms with Gasteiger partial charge in [0.2, 0.25) is 5.82 Å². The number of rotatable bonds is 16. The zero-order chi connectivity index (χ0) is 37.1. The molecule has 2 heterocycles. The third-order valence-corrected chi connectivity index (χ3v) is 7.39. The Morgan fingerprint density at radius 3 is 2.44 bits per heavy atom. The first kappa shape index (κ1) is 41.0. The number of unbranched alkanes of at least 4 members (excludes halogenated alkanes) is 2. The summed E-state index contributed by atoms with van der Waals surface area (Å²) in [5.41, 5.74) is 8.40. The van der Waals surface area contributed by atoms with Crippen molar-refractivity contribution in [3.8, 4) is 17.0 Å². The highest BCUT2D eigenvalue weighted by Crippen LogP contribution is 2.31. The Kier molecular flexibility index (Phi) is 17.8. The van der Waals surface area contributed by atoms with Crippen LogP contribution in [-0.4, -0.2) is 85.3 Å². The van der Waals surface area contributed by atoms with Gasteiger partial charge >= 0.3 is 5.97 Å². The number of imidazole rings is 1. The van der Waals surface area contributed by atoms with Gasteiger partial charge in [0.1, 0.15) is 0 Å². The van der Waals surface area contributed by atoms with Crippen LogP contribution in [0.4, 0.5) is 20.3 Å². The first-order valence-electron chi connectivity index (χ1n) is 16.3. The second-order valence-electron chi connectivity index (χ2n) is 11.1. The van der Waals surface area contributed by atoms with Gasteiger partial charge in [-0.3, -0.25) is 14.0 Å². The maximum absolute atomic E-state index is 14.7. The van der Waals surface area contributed by atoms with Gasteiger partial charge in [0.05, 0.1) is 39.7 Å². The molecule has 1 unspecified atom stereocenters. The Morgan fingerprint density at radius 1 is 1.08 bits per heavy atom. The number of hydrogen-bond donors (Lipinski definition) is 5. The number of carboxylic acid groups (broad SMARTS) is 1. The Labute approximate surface area is 290 Å². The summed E-state index contributed by atoms with van der Waals surface area (Å²) in [7, 11) is 4.45. The smallest absolute Gasteiger partial charge is 0.359 e. The lowest BCUT2D eigenvalue weighted by Gasteiger charge is -2.13. The summed E-state index contributed by atoms with van der Waals surface area (Å²) in [6.45, 7) is 6.80. The summed E-state index contributed by atoms with van der Waals surface area (Å²) in [6.07, 6.45) is 9.36. The molecule has 2 aromatic heterocycles. The van der Waals surface area contributed by atoms with E-state index in [1.54, 1.807) is 22.9 Å². The van der Waals surface area contributed by atoms with Crippen molar-refractivity contribution in [1.82, 2.24) is 19.7 Å². The molecule has 0 aliphatic rings. The fraction of sp³-hybridized carbons (Fsp3) is 0.400. The predicted octanol–water partition coefficient (Wildman–Crippen LogP) is 3.63. The minimum absolute atomic E-state index is 0.0560. The van der Waals surface area contributed by atoms with E-state index >= 15 is 0 Å². The molecule has 15 heteroatoms. The summed E-state index contributed by atoms with van der Waals surface area (Å²) in [4.78, 5) is 41.5. The number of ether oxygens (including phenoxy) is 2. The predicted molar refractivity (Wildman–Crippen MR) is 187 cm³/mol. The van der Waals surface area contributed by atoms with E-state index in [9.17, 15) is 18.4 Å². The van der Waals surface area contributed by atoms with Crippen LogP contribution in [-0.2, 0) is 20.7 Å². The van der Waals surface area contributed by atoms with E-state index in [0.29, 0.717) is 48.7 Å². The number of hydrogen-bond acceptors (Lipinski definition) is 9. The number of nitrogens with one attached hydrogen (secondary N) is 3. The molecule has 50 heavy (non-hydrogen) atoms. The van der Waals surface area contributed by atoms with Crippen molar-refractivity contribution >= 4 is 35.5 Å². The number of likely N-dealkylation sites (N-methyl/N-ethyl adjacent to an activating group) is 1. The van der Waals surface area contributed by atoms with Crippen LogP contribution in [0.25, 0.3) is 16.9 Å². The van der Waals surface area contributed by atoms with Crippen molar-refractivity contribution in [1.29, 1.82) is 0 Å². The molecular formula is C35H48F2N7O6+. The maximum atomic E-state index is 14.7. The molecule has 272 valence electrons. The summed E-state index contributed by atoms with van der Waals surface area (Å²) in [5, 5.41) is 14.6. The minimum Gasteiger partial charge on any atom is -0.494 e. The van der Waals surface area contributed by atoms with Crippen LogP contribution in [0.2, 0.25) is 0 Å². The molecule has 1 amide bonds. The second-order valence-corrected chi connectivity index (χ2v) is 11.1. The highest BCUT2D eigenvalue weighted by molar-refractivity contribution is 5.96. The second kappa shape index (κ2) is 21.7. The fourth-order valence-electron chi connectivity index (χ4n) is 4.84. The van der Waals surface area contributed by atoms with Crippen LogP contribution in [0.1, 0.15) is 55.5 Å². The molecule has 0 aliphatic carbocycles. The van der Waals surface area contributed by atoms with Crippen molar-refractivity contribution in [3.63, 3.8) is 0 Å². The average molecular weight is 701 g/mol. The van der Waals surface area contributed by atoms with Crippen molar-refractivity contribution in [2.75, 3.05) is 52.8 Å². The fourth-order valence-corrected chi connectivity index (χ4v) is 4.84. The number of benzene rings is 2. The van der Waals surface area contributed by atoms with Gasteiger partial charge in [-0.2, -0.15) is 4.39 Å². The number of methoxy groups -OCH3 is 2. The molecule has 4 aromatic rings. The van der Waals surface area contributed by atoms with Gasteiger partial charge in [0.25, 0.3) is 12.4 Å². The molecule has 1 atom stereocenters. The number of nitrogens with two attached hydrogens (primary N) is 1. The van der Waals surface area contributed by atoms with Gasteiger partial charge in [-0.25, -0.2) is 19.2 Å². The number of carbonyl (C=O) groups is 3. The number of quaternary nitrogens is 1. The number of nitrogens with zero attached hydrogens (tertiary/aromatic N) is 3. The molecular weight excluding hydrogens is 652 g/mol. The van der Waals surface area contributed by atoms with E-state index in [2.05, 4.69) is 32.3 Å². The number of carboxylic acids is 1. The zero-order valence-electron chi connectivity index (χ0n) is 29.2. The van der Waals surface area contributed by atoms with Crippen molar-refractivity contribution < 1.29 is 42.6 Å². The summed E-state index contributed by atoms with van der Waals surface area (Å²) in [6, 6.07) is 8.35. The molecule has 13 nitrogen and oxygen atoms in total. The van der Waals surface area contributed by atoms with E-state index in [1.807, 2.05) is 26.1 Å². The first-order valence-corrected chi connectivity index (χ1v) is 16.3. The molecule has 6 N–H and O–H groups in total. The lowest BCUT2D eigenvalue weighted by Crippen LogP contribution is -3.10. The highest BCUT2D eigenvalue weighted by atomic mass is 19.2. The number of aromatic nitrogens is 3. The summed E-state index contributed by atoms with van der Waals surface area (Å²) < 4.78 is 39.4. The summed E-state index contributed by atoms with van der Waals surface area (Å²) in [5.74, 6) is -2.63. The Hall–Kier alpha value is -5.15. The first-order chi connectivity index (χ1) is 24.1. The standard InChI is InChI=1S/C27H29F2N5O2.C6H14N2O2.C2H4O2/c1-4-6-7-12-31-27(35)19-9-8-18(15-17(19)5-2)33-25-26-32-16-21(34(26)14-13-30-25)20-10-11-22(36-3)24(29)23(20)28;1-8(4-2-3-7)5-6(9)10;1-4-2-3/h8-11,13-16H,4-7,12H2,1-3H3,(H,30,33)(H,31,35);2-5,7H2,1H3,(H,9,10);2H,1H3/p+1. The number of carbonyl (C=O) groups excluding carboxylic acids is 2. The van der Waals surface area contributed by atoms with Gasteiger partial charge in [-0.1, -0.05) is 26.7 Å². The number of amides is 1. The van der Waals surface area contributed by atoms with Crippen LogP contribution in [0.3, 0.4) is 0 Å². The number of fused-ring (bicyclic) bond motifs is 1. The highest BCUT2D eigenvalue weighted by Gasteiger charge is 2.19. The van der Waals surface area contributed by atoms with E-state index < -0.39 is 17.6 Å². The zero-order valence-corrected chi connectivity index (χ0v) is 29.2. The van der Waals surface area contributed by atoms with Gasteiger partial charge in [0, 0.05) is 42.2 Å². The van der Waals surface area contributed by atoms with Crippen LogP contribution >= 0.6 is 0 Å². The van der Waals surface area contributed by atoms with Crippen LogP contribution in [0, 0.1) is 11.6 Å². The Morgan fingerprint density at radius 2 is 1.82 bits per heavy atom. The van der Waals surface area contributed by atoms with Gasteiger partial charge in [0.15, 0.2) is 29.6 Å². The molecule has 0 saturated carbocycles. The molecule has 0 bridgehead atoms. The normalized spacial score (nSPS) is 11.0. The van der Waals surface area contributed by atoms with Gasteiger partial charge < -0.3 is 35.8 Å². The van der Waals surface area contributed by atoms with E-state index in [1.165, 1.54) is 32.5 Å². The van der Waals surface area contributed by atoms with Crippen LogP contribution in [0.15, 0.2) is 48.9 Å². The molecule has 0 spiro atoms. The SMILES string of the molecule is CCCCCNC(=O)c1ccc(Nc2nccn3c(-c4ccc(OC)c(F)c4F)cnc23)cc1CC.COC=O.C[NH+](CCCN)CC(=O)O. The molecule has 0 saturated heterocycles. The molecule has 2 aromatic carbocycles. The Balaban J connectivity index is 0.000000523. The van der Waals surface area contributed by atoms with E-state index in [4.69, 9.17) is 20.4 Å². The lowest BCUT2D eigenvalue weighted by molar-refractivity contribution is -0.871. The maximum Gasteiger partial charge on any atom is 0.359 e. The van der Waals surface area contributed by atoms with Crippen LogP contribution in [0.5, 0.6) is 5.75 Å². The average Bonchev–Trinajstić information content (AvgIpc) is 3.55. The number of aliphatic carboxylic acids is 1. The number of aryl methyl sites for hydroxylation is 1. The molecule has 0 fully saturated rings. The van der Waals surface area contributed by atoms with Gasteiger partial charge in [-0.15, -0.1) is 0 Å². The van der Waals surface area contributed by atoms with Crippen LogP contribution < -0.4 is 26.0 Å². The van der Waals surface area contributed by atoms with E-state index in [0.717, 1.165) is 48.4 Å². The van der Waals surface area contributed by atoms with Crippen molar-refractivity contribution in [3.05, 3.63) is 71.7 Å². The third-order valence-electron chi connectivity index (χ3n) is 7.39. The molecule has 0 radical (unpaired) electrons. The van der Waals surface area contributed by atoms with Crippen molar-refractivity contribution in [2.45, 2.75) is 46.0 Å². The number of anilines is 2. The summed E-state index contributed by atoms with van der Waals surface area (Å²) >= 11 is 0. The third kappa shape index (κ3) is 12.1. The Bertz CT molecular complexity index is 1690. The monoisotopic (exact) mass is 700 g/mol. The number of halogens is 2. The van der Waals surface area contributed by atoms with Gasteiger partial charge in [-0.05, 0) is 55.3 Å². The minimum atomic E-state index is -1.06.